The van der Waals surface area contributed by atoms with E-state index in [4.69, 9.17) is 4.74 Å². The van der Waals surface area contributed by atoms with Crippen molar-refractivity contribution in [2.24, 2.45) is 7.05 Å². The summed E-state index contributed by atoms with van der Waals surface area (Å²) in [7, 11) is -0.262. The number of aromatic nitrogens is 4. The monoisotopic (exact) mass is 574 g/mol. The van der Waals surface area contributed by atoms with Gasteiger partial charge in [-0.25, -0.2) is 17.8 Å². The van der Waals surface area contributed by atoms with Crippen LogP contribution < -0.4 is 16.0 Å². The highest BCUT2D eigenvalue weighted by Gasteiger charge is 2.24. The third-order valence-corrected chi connectivity index (χ3v) is 8.04. The van der Waals surface area contributed by atoms with E-state index in [1.807, 2.05) is 19.1 Å². The summed E-state index contributed by atoms with van der Waals surface area (Å²) in [6, 6.07) is 12.8. The molecule has 6 aromatic rings. The summed E-state index contributed by atoms with van der Waals surface area (Å²) in [4.78, 5) is 43.3. The summed E-state index contributed by atoms with van der Waals surface area (Å²) in [5, 5.41) is 0.368. The molecule has 206 valence electrons. The molecule has 0 fully saturated rings. The van der Waals surface area contributed by atoms with Gasteiger partial charge in [0, 0.05) is 47.6 Å². The first-order valence-corrected chi connectivity index (χ1v) is 13.3. The number of fused-ring (bicyclic) bond motifs is 2. The maximum atomic E-state index is 14.7. The molecule has 0 radical (unpaired) electrons. The highest BCUT2D eigenvalue weighted by atomic mass is 32.2. The average molecular weight is 575 g/mol. The molecular formula is C29H20F2N4O5S. The van der Waals surface area contributed by atoms with E-state index in [0.717, 1.165) is 17.7 Å². The molecule has 2 N–H and O–H groups in total. The van der Waals surface area contributed by atoms with Gasteiger partial charge in [0.1, 0.15) is 16.9 Å². The second-order valence-corrected chi connectivity index (χ2v) is 10.8. The fourth-order valence-corrected chi connectivity index (χ4v) is 5.83. The first kappa shape index (κ1) is 26.1. The SMILES string of the molecule is Cc1ccc(S(=O)n2ccc3c(-c4cc(C=O)c5[nH]c(=O)[nH]c5c4Oc4ccc(F)cc4F)cn(C)c(=O)c32)cc1. The van der Waals surface area contributed by atoms with Crippen LogP contribution in [0, 0.1) is 18.6 Å². The van der Waals surface area contributed by atoms with E-state index in [1.54, 1.807) is 18.2 Å². The van der Waals surface area contributed by atoms with E-state index in [-0.39, 0.29) is 39.2 Å². The van der Waals surface area contributed by atoms with Gasteiger partial charge in [-0.3, -0.25) is 13.6 Å². The number of hydrogen-bond acceptors (Lipinski definition) is 5. The van der Waals surface area contributed by atoms with Crippen molar-refractivity contribution in [3.05, 3.63) is 111 Å². The number of imidazole rings is 1. The van der Waals surface area contributed by atoms with E-state index in [1.165, 1.54) is 34.0 Å². The zero-order valence-electron chi connectivity index (χ0n) is 21.5. The Morgan fingerprint density at radius 1 is 0.951 bits per heavy atom. The molecule has 41 heavy (non-hydrogen) atoms. The van der Waals surface area contributed by atoms with Crippen LogP contribution in [0.1, 0.15) is 15.9 Å². The summed E-state index contributed by atoms with van der Waals surface area (Å²) in [5.41, 5.74) is 0.861. The topological polar surface area (TPSA) is 119 Å². The lowest BCUT2D eigenvalue weighted by Gasteiger charge is -2.16. The summed E-state index contributed by atoms with van der Waals surface area (Å²) < 4.78 is 50.4. The Labute approximate surface area is 232 Å². The summed E-state index contributed by atoms with van der Waals surface area (Å²) in [6.07, 6.45) is 3.55. The molecule has 6 rings (SSSR count). The smallest absolute Gasteiger partial charge is 0.323 e. The highest BCUT2D eigenvalue weighted by Crippen LogP contribution is 2.42. The van der Waals surface area contributed by atoms with Crippen molar-refractivity contribution in [1.82, 2.24) is 18.5 Å². The number of rotatable bonds is 6. The van der Waals surface area contributed by atoms with Gasteiger partial charge in [0.15, 0.2) is 34.6 Å². The van der Waals surface area contributed by atoms with Crippen LogP contribution in [0.15, 0.2) is 81.5 Å². The largest absolute Gasteiger partial charge is 0.451 e. The second kappa shape index (κ2) is 9.82. The van der Waals surface area contributed by atoms with Gasteiger partial charge in [-0.1, -0.05) is 17.7 Å². The highest BCUT2D eigenvalue weighted by molar-refractivity contribution is 7.83. The first-order valence-electron chi connectivity index (χ1n) is 12.2. The van der Waals surface area contributed by atoms with Crippen LogP contribution in [-0.4, -0.2) is 29.0 Å². The van der Waals surface area contributed by atoms with Crippen molar-refractivity contribution in [3.8, 4) is 22.6 Å². The molecule has 0 aliphatic carbocycles. The van der Waals surface area contributed by atoms with Crippen LogP contribution in [0.25, 0.3) is 33.1 Å². The molecule has 0 amide bonds. The lowest BCUT2D eigenvalue weighted by atomic mass is 9.99. The first-order chi connectivity index (χ1) is 19.7. The van der Waals surface area contributed by atoms with Crippen molar-refractivity contribution in [2.75, 3.05) is 0 Å². The Morgan fingerprint density at radius 3 is 2.39 bits per heavy atom. The van der Waals surface area contributed by atoms with Gasteiger partial charge in [-0.2, -0.15) is 0 Å². The van der Waals surface area contributed by atoms with Crippen LogP contribution in [-0.2, 0) is 18.0 Å². The Hall–Kier alpha value is -5.10. The van der Waals surface area contributed by atoms with E-state index in [9.17, 15) is 27.4 Å². The number of aldehydes is 1. The molecule has 0 spiro atoms. The number of carbonyl (C=O) groups is 1. The number of pyridine rings is 1. The van der Waals surface area contributed by atoms with Gasteiger partial charge in [-0.15, -0.1) is 0 Å². The lowest BCUT2D eigenvalue weighted by Crippen LogP contribution is -2.20. The number of ether oxygens (including phenoxy) is 1. The Morgan fingerprint density at radius 2 is 1.68 bits per heavy atom. The standard InChI is InChI=1S/C29H20F2N4O5S/c1-15-3-6-18(7-4-15)41(39)35-10-9-19-21(13-34(2)28(37)26(19)35)20-11-16(14-36)24-25(33-29(38)32-24)27(20)40-23-8-5-17(30)12-22(23)31/h3-14H,1-2H3,(H2,32,33,38). The van der Waals surface area contributed by atoms with Gasteiger partial charge >= 0.3 is 5.69 Å². The molecule has 1 atom stereocenters. The second-order valence-electron chi connectivity index (χ2n) is 9.39. The number of halogens is 2. The number of hydrogen-bond donors (Lipinski definition) is 2. The molecule has 0 saturated heterocycles. The number of carbonyl (C=O) groups excluding carboxylic acids is 1. The van der Waals surface area contributed by atoms with Crippen molar-refractivity contribution in [1.29, 1.82) is 0 Å². The normalized spacial score (nSPS) is 12.2. The zero-order valence-corrected chi connectivity index (χ0v) is 22.3. The van der Waals surface area contributed by atoms with E-state index in [0.29, 0.717) is 28.2 Å². The van der Waals surface area contributed by atoms with E-state index >= 15 is 0 Å². The van der Waals surface area contributed by atoms with Crippen LogP contribution in [0.5, 0.6) is 11.5 Å². The quantitative estimate of drug-likeness (QED) is 0.273. The minimum atomic E-state index is -1.77. The number of benzene rings is 3. The summed E-state index contributed by atoms with van der Waals surface area (Å²) >= 11 is 0. The number of aromatic amines is 2. The molecule has 3 aromatic carbocycles. The number of H-pyrrole nitrogens is 2. The summed E-state index contributed by atoms with van der Waals surface area (Å²) in [6.45, 7) is 1.90. The van der Waals surface area contributed by atoms with Gasteiger partial charge in [0.05, 0.1) is 10.4 Å². The fourth-order valence-electron chi connectivity index (χ4n) is 4.72. The molecule has 1 unspecified atom stereocenters. The van der Waals surface area contributed by atoms with Crippen molar-refractivity contribution in [3.63, 3.8) is 0 Å². The van der Waals surface area contributed by atoms with Crippen molar-refractivity contribution < 1.29 is 22.5 Å². The van der Waals surface area contributed by atoms with Gasteiger partial charge in [0.25, 0.3) is 5.56 Å². The molecule has 3 aromatic heterocycles. The maximum Gasteiger partial charge on any atom is 0.323 e. The van der Waals surface area contributed by atoms with Crippen molar-refractivity contribution in [2.45, 2.75) is 11.8 Å². The van der Waals surface area contributed by atoms with E-state index in [2.05, 4.69) is 9.97 Å². The fraction of sp³-hybridized carbons (Fsp3) is 0.0690. The number of nitrogens with zero attached hydrogens (tertiary/aromatic N) is 2. The minimum absolute atomic E-state index is 0.0539. The van der Waals surface area contributed by atoms with Crippen LogP contribution >= 0.6 is 0 Å². The van der Waals surface area contributed by atoms with Crippen molar-refractivity contribution >= 4 is 39.2 Å². The molecule has 12 heteroatoms. The molecule has 0 aliphatic heterocycles. The molecule has 0 aliphatic rings. The predicted molar refractivity (Wildman–Crippen MR) is 150 cm³/mol. The Kier molecular flexibility index (Phi) is 6.26. The predicted octanol–water partition coefficient (Wildman–Crippen LogP) is 4.94. The molecular weight excluding hydrogens is 554 g/mol. The third-order valence-electron chi connectivity index (χ3n) is 6.70. The molecule has 9 nitrogen and oxygen atoms in total. The zero-order chi connectivity index (χ0) is 29.0. The molecule has 3 heterocycles. The van der Waals surface area contributed by atoms with Gasteiger partial charge in [0.2, 0.25) is 0 Å². The van der Waals surface area contributed by atoms with Gasteiger partial charge < -0.3 is 19.3 Å². The Bertz CT molecular complexity index is 2160. The van der Waals surface area contributed by atoms with Crippen LogP contribution in [0.4, 0.5) is 8.78 Å². The molecule has 0 bridgehead atoms. The van der Waals surface area contributed by atoms with Gasteiger partial charge in [-0.05, 0) is 43.3 Å². The minimum Gasteiger partial charge on any atom is -0.451 e. The number of nitrogens with one attached hydrogen (secondary N) is 2. The maximum absolute atomic E-state index is 14.7. The Balaban J connectivity index is 1.65. The summed E-state index contributed by atoms with van der Waals surface area (Å²) in [5.74, 6) is -2.20. The van der Waals surface area contributed by atoms with Crippen LogP contribution in [0.3, 0.4) is 0 Å². The van der Waals surface area contributed by atoms with E-state index < -0.39 is 33.9 Å². The third kappa shape index (κ3) is 4.38. The average Bonchev–Trinajstić information content (AvgIpc) is 3.56. The lowest BCUT2D eigenvalue weighted by molar-refractivity contribution is 0.112. The van der Waals surface area contributed by atoms with Crippen LogP contribution in [0.2, 0.25) is 0 Å². The molecule has 0 saturated carbocycles. The number of aryl methyl sites for hydroxylation is 2.